The predicted molar refractivity (Wildman–Crippen MR) is 124 cm³/mol. The number of nitrogens with two attached hydrogens (primary N) is 1. The maximum atomic E-state index is 6.12. The number of aromatic nitrogens is 1. The fourth-order valence-corrected chi connectivity index (χ4v) is 3.88. The van der Waals surface area contributed by atoms with Crippen molar-refractivity contribution >= 4 is 35.8 Å². The summed E-state index contributed by atoms with van der Waals surface area (Å²) in [5, 5.41) is 3.41. The summed E-state index contributed by atoms with van der Waals surface area (Å²) in [6.07, 6.45) is 9.59. The van der Waals surface area contributed by atoms with E-state index < -0.39 is 0 Å². The van der Waals surface area contributed by atoms with Crippen molar-refractivity contribution in [1.29, 1.82) is 0 Å². The molecule has 2 heterocycles. The summed E-state index contributed by atoms with van der Waals surface area (Å²) in [6, 6.07) is 4.68. The van der Waals surface area contributed by atoms with Gasteiger partial charge in [0.1, 0.15) is 5.82 Å². The Morgan fingerprint density at radius 2 is 1.89 bits per heavy atom. The van der Waals surface area contributed by atoms with Gasteiger partial charge in [0, 0.05) is 38.4 Å². The van der Waals surface area contributed by atoms with E-state index in [2.05, 4.69) is 38.1 Å². The molecule has 3 rings (SSSR count). The number of hydrogen-bond acceptors (Lipinski definition) is 4. The molecular weight excluding hydrogens is 451 g/mol. The molecule has 27 heavy (non-hydrogen) atoms. The topological polar surface area (TPSA) is 69.8 Å². The van der Waals surface area contributed by atoms with Gasteiger partial charge in [0.05, 0.1) is 6.54 Å². The van der Waals surface area contributed by atoms with Gasteiger partial charge in [-0.05, 0) is 37.1 Å². The molecule has 1 aromatic heterocycles. The van der Waals surface area contributed by atoms with Crippen molar-refractivity contribution in [2.24, 2.45) is 10.7 Å². The molecule has 0 radical (unpaired) electrons. The van der Waals surface area contributed by atoms with E-state index in [0.717, 1.165) is 38.5 Å². The van der Waals surface area contributed by atoms with Crippen LogP contribution in [0.5, 0.6) is 0 Å². The first-order valence-corrected chi connectivity index (χ1v) is 10.2. The minimum Gasteiger partial charge on any atom is -0.370 e. The number of rotatable bonds is 5. The number of aliphatic imine (C=N–C) groups is 1. The van der Waals surface area contributed by atoms with E-state index in [-0.39, 0.29) is 24.0 Å². The van der Waals surface area contributed by atoms with E-state index in [1.54, 1.807) is 0 Å². The minimum atomic E-state index is 0. The standard InChI is InChI=1S/C20H34N6.HI/c1-2-25-11-13-26(14-12-25)19-15-17(9-10-22-19)16-23-20(21)24-18-7-5-3-4-6-8-18;/h9-10,15,18H,2-8,11-14,16H2,1H3,(H3,21,23,24);1H. The zero-order chi connectivity index (χ0) is 18.2. The molecule has 2 fully saturated rings. The number of guanidine groups is 1. The second kappa shape index (κ2) is 11.7. The maximum absolute atomic E-state index is 6.12. The van der Waals surface area contributed by atoms with Gasteiger partial charge in [0.25, 0.3) is 0 Å². The smallest absolute Gasteiger partial charge is 0.189 e. The lowest BCUT2D eigenvalue weighted by atomic mass is 10.1. The fourth-order valence-electron chi connectivity index (χ4n) is 3.88. The minimum absolute atomic E-state index is 0. The summed E-state index contributed by atoms with van der Waals surface area (Å²) in [5.74, 6) is 1.63. The number of likely N-dealkylation sites (N-methyl/N-ethyl adjacent to an activating group) is 1. The first kappa shape index (κ1) is 22.2. The molecule has 1 aromatic rings. The third kappa shape index (κ3) is 7.10. The lowest BCUT2D eigenvalue weighted by Crippen LogP contribution is -2.46. The molecule has 6 nitrogen and oxygen atoms in total. The van der Waals surface area contributed by atoms with Crippen LogP contribution in [-0.4, -0.2) is 54.6 Å². The van der Waals surface area contributed by atoms with Crippen LogP contribution in [-0.2, 0) is 6.54 Å². The van der Waals surface area contributed by atoms with E-state index in [4.69, 9.17) is 5.73 Å². The first-order valence-electron chi connectivity index (χ1n) is 10.2. The number of halogens is 1. The Labute approximate surface area is 181 Å². The van der Waals surface area contributed by atoms with Crippen molar-refractivity contribution in [1.82, 2.24) is 15.2 Å². The van der Waals surface area contributed by atoms with Gasteiger partial charge in [-0.15, -0.1) is 24.0 Å². The molecular formula is C20H35IN6. The average molecular weight is 486 g/mol. The quantitative estimate of drug-likeness (QED) is 0.290. The molecule has 152 valence electrons. The van der Waals surface area contributed by atoms with Gasteiger partial charge in [-0.1, -0.05) is 32.6 Å². The Morgan fingerprint density at radius 3 is 2.56 bits per heavy atom. The third-order valence-corrected chi connectivity index (χ3v) is 5.59. The van der Waals surface area contributed by atoms with Crippen LogP contribution in [0.2, 0.25) is 0 Å². The Morgan fingerprint density at radius 1 is 1.19 bits per heavy atom. The van der Waals surface area contributed by atoms with Crippen LogP contribution >= 0.6 is 24.0 Å². The largest absolute Gasteiger partial charge is 0.370 e. The molecule has 7 heteroatoms. The average Bonchev–Trinajstić information content (AvgIpc) is 2.95. The summed E-state index contributed by atoms with van der Waals surface area (Å²) in [6.45, 7) is 8.26. The molecule has 0 amide bonds. The normalized spacial score (nSPS) is 20.0. The van der Waals surface area contributed by atoms with Crippen molar-refractivity contribution in [3.8, 4) is 0 Å². The SMILES string of the molecule is CCN1CCN(c2cc(CN=C(N)NC3CCCCCC3)ccn2)CC1.I. The highest BCUT2D eigenvalue weighted by atomic mass is 127. The van der Waals surface area contributed by atoms with Crippen molar-refractivity contribution < 1.29 is 0 Å². The lowest BCUT2D eigenvalue weighted by molar-refractivity contribution is 0.270. The number of piperazine rings is 1. The molecule has 1 saturated heterocycles. The lowest BCUT2D eigenvalue weighted by Gasteiger charge is -2.34. The van der Waals surface area contributed by atoms with Crippen molar-refractivity contribution in [2.75, 3.05) is 37.6 Å². The molecule has 3 N–H and O–H groups in total. The van der Waals surface area contributed by atoms with Crippen LogP contribution in [0.25, 0.3) is 0 Å². The fraction of sp³-hybridized carbons (Fsp3) is 0.700. The molecule has 0 aromatic carbocycles. The monoisotopic (exact) mass is 486 g/mol. The van der Waals surface area contributed by atoms with Crippen LogP contribution in [0, 0.1) is 0 Å². The molecule has 0 spiro atoms. The first-order chi connectivity index (χ1) is 12.7. The predicted octanol–water partition coefficient (Wildman–Crippen LogP) is 2.97. The van der Waals surface area contributed by atoms with Crippen molar-refractivity contribution in [3.05, 3.63) is 23.9 Å². The van der Waals surface area contributed by atoms with Gasteiger partial charge in [-0.3, -0.25) is 0 Å². The highest BCUT2D eigenvalue weighted by molar-refractivity contribution is 14.0. The summed E-state index contributed by atoms with van der Waals surface area (Å²) in [7, 11) is 0. The molecule has 0 bridgehead atoms. The zero-order valence-electron chi connectivity index (χ0n) is 16.6. The van der Waals surface area contributed by atoms with Crippen molar-refractivity contribution in [2.45, 2.75) is 58.0 Å². The van der Waals surface area contributed by atoms with Crippen LogP contribution < -0.4 is 16.0 Å². The second-order valence-corrected chi connectivity index (χ2v) is 7.48. The molecule has 1 aliphatic carbocycles. The Balaban J connectivity index is 0.00000261. The number of pyridine rings is 1. The molecule has 1 saturated carbocycles. The van der Waals surface area contributed by atoms with Gasteiger partial charge < -0.3 is 20.9 Å². The zero-order valence-corrected chi connectivity index (χ0v) is 18.9. The van der Waals surface area contributed by atoms with Gasteiger partial charge >= 0.3 is 0 Å². The molecule has 0 unspecified atom stereocenters. The highest BCUT2D eigenvalue weighted by Crippen LogP contribution is 2.17. The Bertz CT molecular complexity index is 578. The van der Waals surface area contributed by atoms with Crippen LogP contribution in [0.4, 0.5) is 5.82 Å². The van der Waals surface area contributed by atoms with E-state index in [0.29, 0.717) is 18.5 Å². The van der Waals surface area contributed by atoms with Crippen molar-refractivity contribution in [3.63, 3.8) is 0 Å². The van der Waals surface area contributed by atoms with Gasteiger partial charge in [0.15, 0.2) is 5.96 Å². The maximum Gasteiger partial charge on any atom is 0.189 e. The van der Waals surface area contributed by atoms with Gasteiger partial charge in [0.2, 0.25) is 0 Å². The van der Waals surface area contributed by atoms with E-state index in [1.807, 2.05) is 12.3 Å². The number of nitrogens with zero attached hydrogens (tertiary/aromatic N) is 4. The number of hydrogen-bond donors (Lipinski definition) is 2. The third-order valence-electron chi connectivity index (χ3n) is 5.59. The summed E-state index contributed by atoms with van der Waals surface area (Å²) in [4.78, 5) is 14.0. The number of anilines is 1. The van der Waals surface area contributed by atoms with E-state index in [9.17, 15) is 0 Å². The Kier molecular flexibility index (Phi) is 9.61. The second-order valence-electron chi connectivity index (χ2n) is 7.48. The van der Waals surface area contributed by atoms with E-state index >= 15 is 0 Å². The summed E-state index contributed by atoms with van der Waals surface area (Å²) >= 11 is 0. The molecule has 2 aliphatic rings. The van der Waals surface area contributed by atoms with Gasteiger partial charge in [-0.25, -0.2) is 9.98 Å². The summed E-state index contributed by atoms with van der Waals surface area (Å²) < 4.78 is 0. The number of nitrogens with one attached hydrogen (secondary N) is 1. The highest BCUT2D eigenvalue weighted by Gasteiger charge is 2.17. The molecule has 1 aliphatic heterocycles. The molecule has 0 atom stereocenters. The summed E-state index contributed by atoms with van der Waals surface area (Å²) in [5.41, 5.74) is 7.29. The Hall–Kier alpha value is -1.09. The van der Waals surface area contributed by atoms with Crippen LogP contribution in [0.3, 0.4) is 0 Å². The van der Waals surface area contributed by atoms with Crippen LogP contribution in [0.15, 0.2) is 23.3 Å². The van der Waals surface area contributed by atoms with E-state index in [1.165, 1.54) is 44.1 Å². The van der Waals surface area contributed by atoms with Gasteiger partial charge in [-0.2, -0.15) is 0 Å². The van der Waals surface area contributed by atoms with Crippen LogP contribution in [0.1, 0.15) is 51.0 Å².